The molecule has 122 valence electrons. The standard InChI is InChI=1S/C19H18FN3O/c1-13-3-6-16(20)11-18(13)19(24)22-14(2)15-4-7-17(8-5-15)23-10-9-21-12-23/h3-12,14H,1-2H3,(H,22,24). The summed E-state index contributed by atoms with van der Waals surface area (Å²) in [5.74, 6) is -0.693. The minimum atomic E-state index is -0.414. The van der Waals surface area contributed by atoms with Crippen LogP contribution in [0.3, 0.4) is 0 Å². The molecule has 0 aliphatic rings. The van der Waals surface area contributed by atoms with Crippen molar-refractivity contribution in [3.8, 4) is 5.69 Å². The van der Waals surface area contributed by atoms with Gasteiger partial charge < -0.3 is 9.88 Å². The van der Waals surface area contributed by atoms with Crippen LogP contribution in [0.1, 0.15) is 34.5 Å². The van der Waals surface area contributed by atoms with Gasteiger partial charge in [-0.05, 0) is 49.2 Å². The maximum Gasteiger partial charge on any atom is 0.252 e. The van der Waals surface area contributed by atoms with Gasteiger partial charge in [-0.15, -0.1) is 0 Å². The Balaban J connectivity index is 1.73. The number of aryl methyl sites for hydroxylation is 1. The monoisotopic (exact) mass is 323 g/mol. The number of aromatic nitrogens is 2. The zero-order chi connectivity index (χ0) is 17.1. The summed E-state index contributed by atoms with van der Waals surface area (Å²) >= 11 is 0. The summed E-state index contributed by atoms with van der Waals surface area (Å²) in [4.78, 5) is 16.4. The van der Waals surface area contributed by atoms with E-state index in [1.807, 2.05) is 42.0 Å². The molecule has 3 aromatic rings. The van der Waals surface area contributed by atoms with Crippen molar-refractivity contribution in [3.05, 3.63) is 83.7 Å². The lowest BCUT2D eigenvalue weighted by atomic mass is 10.1. The van der Waals surface area contributed by atoms with Crippen LogP contribution in [0.15, 0.2) is 61.2 Å². The number of rotatable bonds is 4. The third-order valence-electron chi connectivity index (χ3n) is 3.99. The van der Waals surface area contributed by atoms with Gasteiger partial charge in [0.25, 0.3) is 5.91 Å². The Morgan fingerprint density at radius 2 is 1.96 bits per heavy atom. The Kier molecular flexibility index (Phi) is 4.42. The first kappa shape index (κ1) is 15.9. The van der Waals surface area contributed by atoms with E-state index in [9.17, 15) is 9.18 Å². The highest BCUT2D eigenvalue weighted by Gasteiger charge is 2.14. The van der Waals surface area contributed by atoms with Gasteiger partial charge in [-0.2, -0.15) is 0 Å². The SMILES string of the molecule is Cc1ccc(F)cc1C(=O)NC(C)c1ccc(-n2ccnc2)cc1. The van der Waals surface area contributed by atoms with Crippen LogP contribution in [0, 0.1) is 12.7 Å². The van der Waals surface area contributed by atoms with E-state index in [0.717, 1.165) is 16.8 Å². The van der Waals surface area contributed by atoms with Crippen molar-refractivity contribution in [2.24, 2.45) is 0 Å². The molecule has 1 aromatic heterocycles. The van der Waals surface area contributed by atoms with Gasteiger partial charge in [-0.25, -0.2) is 9.37 Å². The van der Waals surface area contributed by atoms with Crippen LogP contribution in [0.5, 0.6) is 0 Å². The van der Waals surface area contributed by atoms with E-state index in [2.05, 4.69) is 10.3 Å². The Morgan fingerprint density at radius 3 is 2.62 bits per heavy atom. The average Bonchev–Trinajstić information content (AvgIpc) is 3.11. The van der Waals surface area contributed by atoms with Crippen LogP contribution in [0.25, 0.3) is 5.69 Å². The number of nitrogens with zero attached hydrogens (tertiary/aromatic N) is 2. The summed E-state index contributed by atoms with van der Waals surface area (Å²) in [5, 5.41) is 2.91. The number of hydrogen-bond donors (Lipinski definition) is 1. The maximum atomic E-state index is 13.4. The molecule has 5 heteroatoms. The summed E-state index contributed by atoms with van der Waals surface area (Å²) < 4.78 is 15.3. The van der Waals surface area contributed by atoms with Gasteiger partial charge in [0.15, 0.2) is 0 Å². The van der Waals surface area contributed by atoms with Crippen molar-refractivity contribution in [3.63, 3.8) is 0 Å². The largest absolute Gasteiger partial charge is 0.346 e. The van der Waals surface area contributed by atoms with Gasteiger partial charge in [-0.3, -0.25) is 4.79 Å². The molecule has 1 N–H and O–H groups in total. The summed E-state index contributed by atoms with van der Waals surface area (Å²) in [6, 6.07) is 11.9. The number of nitrogens with one attached hydrogen (secondary N) is 1. The molecule has 4 nitrogen and oxygen atoms in total. The number of amides is 1. The van der Waals surface area contributed by atoms with Crippen LogP contribution in [-0.2, 0) is 0 Å². The van der Waals surface area contributed by atoms with Crippen molar-refractivity contribution >= 4 is 5.91 Å². The van der Waals surface area contributed by atoms with Gasteiger partial charge in [0.2, 0.25) is 0 Å². The Hall–Kier alpha value is -2.95. The highest BCUT2D eigenvalue weighted by atomic mass is 19.1. The highest BCUT2D eigenvalue weighted by Crippen LogP contribution is 2.17. The minimum Gasteiger partial charge on any atom is -0.346 e. The number of imidazole rings is 1. The van der Waals surface area contributed by atoms with Crippen molar-refractivity contribution in [2.45, 2.75) is 19.9 Å². The van der Waals surface area contributed by atoms with Gasteiger partial charge in [0.05, 0.1) is 12.4 Å². The van der Waals surface area contributed by atoms with Crippen LogP contribution < -0.4 is 5.32 Å². The Bertz CT molecular complexity index is 842. The van der Waals surface area contributed by atoms with Crippen molar-refractivity contribution in [1.82, 2.24) is 14.9 Å². The number of carbonyl (C=O) groups excluding carboxylic acids is 1. The zero-order valence-electron chi connectivity index (χ0n) is 13.5. The molecule has 0 spiro atoms. The number of hydrogen-bond acceptors (Lipinski definition) is 2. The zero-order valence-corrected chi connectivity index (χ0v) is 13.5. The molecule has 1 amide bonds. The van der Waals surface area contributed by atoms with Crippen molar-refractivity contribution in [2.75, 3.05) is 0 Å². The molecule has 24 heavy (non-hydrogen) atoms. The number of benzene rings is 2. The summed E-state index contributed by atoms with van der Waals surface area (Å²) in [5.41, 5.74) is 3.07. The maximum absolute atomic E-state index is 13.4. The lowest BCUT2D eigenvalue weighted by Crippen LogP contribution is -2.27. The second-order valence-electron chi connectivity index (χ2n) is 5.72. The molecule has 0 saturated heterocycles. The van der Waals surface area contributed by atoms with Crippen LogP contribution in [-0.4, -0.2) is 15.5 Å². The molecule has 0 aliphatic heterocycles. The van der Waals surface area contributed by atoms with Crippen molar-refractivity contribution in [1.29, 1.82) is 0 Å². The summed E-state index contributed by atoms with van der Waals surface area (Å²) in [6.07, 6.45) is 5.32. The normalized spacial score (nSPS) is 12.0. The molecular weight excluding hydrogens is 305 g/mol. The quantitative estimate of drug-likeness (QED) is 0.793. The lowest BCUT2D eigenvalue weighted by molar-refractivity contribution is 0.0939. The lowest BCUT2D eigenvalue weighted by Gasteiger charge is -2.16. The highest BCUT2D eigenvalue weighted by molar-refractivity contribution is 5.95. The molecule has 0 radical (unpaired) electrons. The Labute approximate surface area is 140 Å². The predicted octanol–water partition coefficient (Wildman–Crippen LogP) is 3.81. The molecule has 1 heterocycles. The number of carbonyl (C=O) groups is 1. The third-order valence-corrected chi connectivity index (χ3v) is 3.99. The molecule has 1 unspecified atom stereocenters. The fraction of sp³-hybridized carbons (Fsp3) is 0.158. The van der Waals surface area contributed by atoms with E-state index in [1.54, 1.807) is 25.5 Å². The molecule has 2 aromatic carbocycles. The van der Waals surface area contributed by atoms with Gasteiger partial charge in [-0.1, -0.05) is 18.2 Å². The minimum absolute atomic E-state index is 0.183. The second-order valence-corrected chi connectivity index (χ2v) is 5.72. The molecule has 1 atom stereocenters. The molecular formula is C19H18FN3O. The van der Waals surface area contributed by atoms with E-state index in [0.29, 0.717) is 5.56 Å². The van der Waals surface area contributed by atoms with Gasteiger partial charge in [0.1, 0.15) is 5.82 Å². The molecule has 0 bridgehead atoms. The van der Waals surface area contributed by atoms with E-state index in [4.69, 9.17) is 0 Å². The van der Waals surface area contributed by atoms with Gasteiger partial charge in [0, 0.05) is 23.6 Å². The Morgan fingerprint density at radius 1 is 1.21 bits per heavy atom. The molecule has 0 saturated carbocycles. The summed E-state index contributed by atoms with van der Waals surface area (Å²) in [6.45, 7) is 3.69. The molecule has 0 fully saturated rings. The van der Waals surface area contributed by atoms with Crippen molar-refractivity contribution < 1.29 is 9.18 Å². The van der Waals surface area contributed by atoms with E-state index < -0.39 is 5.82 Å². The molecule has 3 rings (SSSR count). The number of halogens is 1. The van der Waals surface area contributed by atoms with Crippen LogP contribution in [0.4, 0.5) is 4.39 Å². The van der Waals surface area contributed by atoms with E-state index >= 15 is 0 Å². The van der Waals surface area contributed by atoms with Gasteiger partial charge >= 0.3 is 0 Å². The third kappa shape index (κ3) is 3.35. The first-order chi connectivity index (χ1) is 11.5. The average molecular weight is 323 g/mol. The molecule has 0 aliphatic carbocycles. The van der Waals surface area contributed by atoms with Crippen LogP contribution >= 0.6 is 0 Å². The second kappa shape index (κ2) is 6.66. The first-order valence-electron chi connectivity index (χ1n) is 7.70. The fourth-order valence-electron chi connectivity index (χ4n) is 2.54. The van der Waals surface area contributed by atoms with Crippen LogP contribution in [0.2, 0.25) is 0 Å². The predicted molar refractivity (Wildman–Crippen MR) is 90.6 cm³/mol. The fourth-order valence-corrected chi connectivity index (χ4v) is 2.54. The first-order valence-corrected chi connectivity index (χ1v) is 7.70. The van der Waals surface area contributed by atoms with E-state index in [-0.39, 0.29) is 11.9 Å². The van der Waals surface area contributed by atoms with E-state index in [1.165, 1.54) is 12.1 Å². The topological polar surface area (TPSA) is 46.9 Å². The smallest absolute Gasteiger partial charge is 0.252 e. The summed E-state index contributed by atoms with van der Waals surface area (Å²) in [7, 11) is 0.